The maximum absolute atomic E-state index is 11.2. The van der Waals surface area contributed by atoms with Crippen molar-refractivity contribution >= 4 is 11.6 Å². The number of nitrogens with one attached hydrogen (secondary N) is 2. The Hall–Kier alpha value is -2.66. The minimum atomic E-state index is -0.796. The molecule has 0 saturated heterocycles. The fourth-order valence-electron chi connectivity index (χ4n) is 2.01. The highest BCUT2D eigenvalue weighted by molar-refractivity contribution is 6.37. The van der Waals surface area contributed by atoms with E-state index in [1.54, 1.807) is 0 Å². The molecule has 1 amide bonds. The molecule has 0 radical (unpaired) electrons. The Kier molecular flexibility index (Phi) is 5.27. The zero-order chi connectivity index (χ0) is 15.9. The van der Waals surface area contributed by atoms with Crippen molar-refractivity contribution in [2.24, 2.45) is 0 Å². The van der Waals surface area contributed by atoms with Gasteiger partial charge in [0.25, 0.3) is 5.91 Å². The van der Waals surface area contributed by atoms with Gasteiger partial charge >= 0.3 is 0 Å². The van der Waals surface area contributed by atoms with E-state index in [1.807, 2.05) is 55.5 Å². The molecule has 2 rings (SSSR count). The van der Waals surface area contributed by atoms with E-state index in [0.717, 1.165) is 16.7 Å². The average Bonchev–Trinajstić information content (AvgIpc) is 2.55. The molecule has 0 fully saturated rings. The van der Waals surface area contributed by atoms with Gasteiger partial charge in [-0.25, -0.2) is 5.48 Å². The van der Waals surface area contributed by atoms with E-state index < -0.39 is 5.91 Å². The summed E-state index contributed by atoms with van der Waals surface area (Å²) >= 11 is 0. The molecule has 0 atom stereocenters. The number of benzene rings is 2. The molecule has 0 bridgehead atoms. The van der Waals surface area contributed by atoms with E-state index in [0.29, 0.717) is 12.4 Å². The van der Waals surface area contributed by atoms with Crippen LogP contribution in [-0.4, -0.2) is 16.8 Å². The molecule has 0 saturated carbocycles. The number of hydroxylamine groups is 1. The fourth-order valence-corrected chi connectivity index (χ4v) is 2.01. The first kappa shape index (κ1) is 15.7. The van der Waals surface area contributed by atoms with Gasteiger partial charge in [-0.2, -0.15) is 0 Å². The van der Waals surface area contributed by atoms with Crippen LogP contribution in [0.15, 0.2) is 48.5 Å². The number of aryl methyl sites for hydroxylation is 1. The minimum absolute atomic E-state index is 0.140. The highest BCUT2D eigenvalue weighted by atomic mass is 16.5. The van der Waals surface area contributed by atoms with Crippen molar-refractivity contribution in [3.8, 4) is 5.75 Å². The van der Waals surface area contributed by atoms with E-state index in [9.17, 15) is 4.79 Å². The largest absolute Gasteiger partial charge is 0.489 e. The monoisotopic (exact) mass is 298 g/mol. The smallest absolute Gasteiger partial charge is 0.288 e. The third kappa shape index (κ3) is 4.17. The summed E-state index contributed by atoms with van der Waals surface area (Å²) in [5.74, 6) is -0.114. The van der Waals surface area contributed by atoms with Crippen molar-refractivity contribution in [3.63, 3.8) is 0 Å². The SMILES string of the molecule is Cc1ccc(OCc2ccccc2)cc1CC(=N)C(=O)NO. The van der Waals surface area contributed by atoms with Crippen LogP contribution in [0.5, 0.6) is 5.75 Å². The molecule has 0 spiro atoms. The quantitative estimate of drug-likeness (QED) is 0.435. The Morgan fingerprint density at radius 1 is 1.23 bits per heavy atom. The van der Waals surface area contributed by atoms with Crippen LogP contribution >= 0.6 is 0 Å². The lowest BCUT2D eigenvalue weighted by Gasteiger charge is -2.11. The second-order valence-electron chi connectivity index (χ2n) is 4.96. The zero-order valence-electron chi connectivity index (χ0n) is 12.3. The molecule has 22 heavy (non-hydrogen) atoms. The van der Waals surface area contributed by atoms with Crippen molar-refractivity contribution in [1.29, 1.82) is 5.41 Å². The van der Waals surface area contributed by atoms with Gasteiger partial charge in [0.05, 0.1) is 0 Å². The maximum atomic E-state index is 11.2. The number of hydrogen-bond donors (Lipinski definition) is 3. The van der Waals surface area contributed by atoms with Gasteiger partial charge in [0, 0.05) is 6.42 Å². The van der Waals surface area contributed by atoms with E-state index in [1.165, 1.54) is 5.48 Å². The van der Waals surface area contributed by atoms with Gasteiger partial charge in [-0.3, -0.25) is 15.4 Å². The summed E-state index contributed by atoms with van der Waals surface area (Å²) in [5.41, 5.74) is 4.11. The first-order chi connectivity index (χ1) is 10.6. The number of carbonyl (C=O) groups excluding carboxylic acids is 1. The summed E-state index contributed by atoms with van der Waals surface area (Å²) < 4.78 is 5.74. The van der Waals surface area contributed by atoms with Crippen molar-refractivity contribution < 1.29 is 14.7 Å². The van der Waals surface area contributed by atoms with Gasteiger partial charge < -0.3 is 4.74 Å². The third-order valence-corrected chi connectivity index (χ3v) is 3.31. The van der Waals surface area contributed by atoms with E-state index in [2.05, 4.69) is 0 Å². The Morgan fingerprint density at radius 3 is 2.64 bits per heavy atom. The van der Waals surface area contributed by atoms with Crippen LogP contribution in [0.4, 0.5) is 0 Å². The topological polar surface area (TPSA) is 82.4 Å². The molecule has 0 aromatic heterocycles. The lowest BCUT2D eigenvalue weighted by atomic mass is 10.0. The van der Waals surface area contributed by atoms with E-state index >= 15 is 0 Å². The lowest BCUT2D eigenvalue weighted by molar-refractivity contribution is -0.122. The van der Waals surface area contributed by atoms with Crippen LogP contribution < -0.4 is 10.2 Å². The predicted molar refractivity (Wildman–Crippen MR) is 83.3 cm³/mol. The molecule has 5 nitrogen and oxygen atoms in total. The van der Waals surface area contributed by atoms with Gasteiger partial charge in [-0.05, 0) is 35.7 Å². The van der Waals surface area contributed by atoms with Crippen molar-refractivity contribution in [1.82, 2.24) is 5.48 Å². The molecule has 5 heteroatoms. The molecule has 2 aromatic rings. The molecule has 2 aromatic carbocycles. The number of ether oxygens (including phenoxy) is 1. The Labute approximate surface area is 129 Å². The Balaban J connectivity index is 2.06. The molecule has 0 heterocycles. The van der Waals surface area contributed by atoms with Crippen LogP contribution in [0.1, 0.15) is 16.7 Å². The van der Waals surface area contributed by atoms with Crippen LogP contribution in [0.25, 0.3) is 0 Å². The predicted octanol–water partition coefficient (Wildman–Crippen LogP) is 2.64. The summed E-state index contributed by atoms with van der Waals surface area (Å²) in [7, 11) is 0. The number of rotatable bonds is 6. The molecule has 0 aliphatic heterocycles. The molecule has 114 valence electrons. The molecule has 0 aliphatic rings. The summed E-state index contributed by atoms with van der Waals surface area (Å²) in [5, 5.41) is 16.2. The van der Waals surface area contributed by atoms with Crippen molar-refractivity contribution in [3.05, 3.63) is 65.2 Å². The zero-order valence-corrected chi connectivity index (χ0v) is 12.3. The van der Waals surface area contributed by atoms with E-state index in [4.69, 9.17) is 15.4 Å². The summed E-state index contributed by atoms with van der Waals surface area (Å²) in [6.07, 6.45) is 0.140. The normalized spacial score (nSPS) is 10.1. The maximum Gasteiger partial charge on any atom is 0.288 e. The first-order valence-electron chi connectivity index (χ1n) is 6.88. The highest BCUT2D eigenvalue weighted by Gasteiger charge is 2.11. The average molecular weight is 298 g/mol. The van der Waals surface area contributed by atoms with Gasteiger partial charge in [0.1, 0.15) is 18.1 Å². The third-order valence-electron chi connectivity index (χ3n) is 3.31. The molecular weight excluding hydrogens is 280 g/mol. The summed E-state index contributed by atoms with van der Waals surface area (Å²) in [6, 6.07) is 15.4. The van der Waals surface area contributed by atoms with Gasteiger partial charge in [-0.15, -0.1) is 0 Å². The fraction of sp³-hybridized carbons (Fsp3) is 0.176. The van der Waals surface area contributed by atoms with E-state index in [-0.39, 0.29) is 12.1 Å². The number of carbonyl (C=O) groups is 1. The van der Waals surface area contributed by atoms with Crippen LogP contribution in [-0.2, 0) is 17.8 Å². The molecule has 0 unspecified atom stereocenters. The van der Waals surface area contributed by atoms with Gasteiger partial charge in [-0.1, -0.05) is 36.4 Å². The second kappa shape index (κ2) is 7.38. The summed E-state index contributed by atoms with van der Waals surface area (Å²) in [6.45, 7) is 2.36. The van der Waals surface area contributed by atoms with Crippen LogP contribution in [0.3, 0.4) is 0 Å². The second-order valence-corrected chi connectivity index (χ2v) is 4.96. The minimum Gasteiger partial charge on any atom is -0.489 e. The van der Waals surface area contributed by atoms with Crippen LogP contribution in [0, 0.1) is 12.3 Å². The lowest BCUT2D eigenvalue weighted by Crippen LogP contribution is -2.28. The summed E-state index contributed by atoms with van der Waals surface area (Å²) in [4.78, 5) is 11.2. The van der Waals surface area contributed by atoms with Crippen molar-refractivity contribution in [2.75, 3.05) is 0 Å². The standard InChI is InChI=1S/C17H18N2O3/c1-12-7-8-15(22-11-13-5-3-2-4-6-13)9-14(12)10-16(18)17(20)19-21/h2-9,18,21H,10-11H2,1H3,(H,19,20). The first-order valence-corrected chi connectivity index (χ1v) is 6.88. The van der Waals surface area contributed by atoms with Crippen LogP contribution in [0.2, 0.25) is 0 Å². The molecule has 0 aliphatic carbocycles. The highest BCUT2D eigenvalue weighted by Crippen LogP contribution is 2.19. The Bertz CT molecular complexity index is 669. The molecule has 3 N–H and O–H groups in total. The number of hydrogen-bond acceptors (Lipinski definition) is 4. The van der Waals surface area contributed by atoms with Gasteiger partial charge in [0.2, 0.25) is 0 Å². The molecular formula is C17H18N2O3. The van der Waals surface area contributed by atoms with Crippen molar-refractivity contribution in [2.45, 2.75) is 20.0 Å². The Morgan fingerprint density at radius 2 is 1.95 bits per heavy atom. The van der Waals surface area contributed by atoms with Gasteiger partial charge in [0.15, 0.2) is 0 Å². The number of amides is 1.